The lowest BCUT2D eigenvalue weighted by atomic mass is 10.3. The minimum Gasteiger partial charge on any atom is -0.307 e. The van der Waals surface area contributed by atoms with Gasteiger partial charge < -0.3 is 5.73 Å². The van der Waals surface area contributed by atoms with E-state index >= 15 is 0 Å². The number of hydrogen-bond donors (Lipinski definition) is 1. The highest BCUT2D eigenvalue weighted by Gasteiger charge is 2.50. The summed E-state index contributed by atoms with van der Waals surface area (Å²) in [7, 11) is -5.38. The molecule has 0 saturated heterocycles. The third kappa shape index (κ3) is 1.75. The highest BCUT2D eigenvalue weighted by Crippen LogP contribution is 2.28. The van der Waals surface area contributed by atoms with Gasteiger partial charge in [-0.15, -0.1) is 0 Å². The number of rotatable bonds is 1. The highest BCUT2D eigenvalue weighted by molar-refractivity contribution is 7.90. The zero-order chi connectivity index (χ0) is 11.0. The summed E-state index contributed by atoms with van der Waals surface area (Å²) in [6.45, 7) is 0. The van der Waals surface area contributed by atoms with E-state index < -0.39 is 21.7 Å². The van der Waals surface area contributed by atoms with Gasteiger partial charge in [-0.3, -0.25) is 0 Å². The number of sulfonamides is 1. The van der Waals surface area contributed by atoms with Gasteiger partial charge in [-0.2, -0.15) is 21.6 Å². The van der Waals surface area contributed by atoms with Gasteiger partial charge in [0.1, 0.15) is 6.17 Å². The second-order valence-electron chi connectivity index (χ2n) is 2.50. The minimum atomic E-state index is -5.38. The van der Waals surface area contributed by atoms with Crippen LogP contribution in [0.15, 0.2) is 24.4 Å². The predicted molar refractivity (Wildman–Crippen MR) is 43.1 cm³/mol. The first-order valence-corrected chi connectivity index (χ1v) is 4.91. The second-order valence-corrected chi connectivity index (χ2v) is 4.33. The summed E-state index contributed by atoms with van der Waals surface area (Å²) >= 11 is 0. The van der Waals surface area contributed by atoms with E-state index in [4.69, 9.17) is 5.73 Å². The van der Waals surface area contributed by atoms with Gasteiger partial charge in [0, 0.05) is 6.20 Å². The summed E-state index contributed by atoms with van der Waals surface area (Å²) in [5.41, 5.74) is -0.163. The summed E-state index contributed by atoms with van der Waals surface area (Å²) in [5.74, 6) is 0. The van der Waals surface area contributed by atoms with Crippen LogP contribution in [0.4, 0.5) is 13.2 Å². The Kier molecular flexibility index (Phi) is 2.59. The first-order valence-electron chi connectivity index (χ1n) is 3.47. The average Bonchev–Trinajstić information content (AvgIpc) is 2.02. The Hall–Kier alpha value is -1.02. The van der Waals surface area contributed by atoms with E-state index in [2.05, 4.69) is 0 Å². The van der Waals surface area contributed by atoms with E-state index in [1.807, 2.05) is 0 Å². The molecule has 4 nitrogen and oxygen atoms in total. The molecule has 0 radical (unpaired) electrons. The van der Waals surface area contributed by atoms with E-state index in [0.717, 1.165) is 18.4 Å². The van der Waals surface area contributed by atoms with Gasteiger partial charge in [-0.25, -0.2) is 4.31 Å². The molecule has 0 amide bonds. The molecule has 1 heterocycles. The minimum absolute atomic E-state index is 0.0625. The molecule has 0 saturated carbocycles. The van der Waals surface area contributed by atoms with Crippen molar-refractivity contribution in [1.29, 1.82) is 0 Å². The van der Waals surface area contributed by atoms with Crippen LogP contribution in [0.5, 0.6) is 0 Å². The van der Waals surface area contributed by atoms with Crippen molar-refractivity contribution in [3.05, 3.63) is 24.4 Å². The van der Waals surface area contributed by atoms with Gasteiger partial charge in [-0.1, -0.05) is 6.08 Å². The quantitative estimate of drug-likeness (QED) is 0.711. The maximum absolute atomic E-state index is 12.0. The number of hydrogen-bond acceptors (Lipinski definition) is 3. The monoisotopic (exact) mass is 228 g/mol. The van der Waals surface area contributed by atoms with Crippen molar-refractivity contribution in [2.45, 2.75) is 11.7 Å². The molecule has 1 atom stereocenters. The van der Waals surface area contributed by atoms with E-state index in [9.17, 15) is 21.6 Å². The molecule has 0 aromatic carbocycles. The molecule has 80 valence electrons. The fraction of sp³-hybridized carbons (Fsp3) is 0.333. The van der Waals surface area contributed by atoms with E-state index in [1.54, 1.807) is 0 Å². The Bertz CT molecular complexity index is 371. The van der Waals surface area contributed by atoms with Crippen LogP contribution in [0.2, 0.25) is 0 Å². The van der Waals surface area contributed by atoms with Gasteiger partial charge in [0.25, 0.3) is 0 Å². The lowest BCUT2D eigenvalue weighted by Gasteiger charge is -2.26. The molecular formula is C6H7F3N2O2S. The third-order valence-electron chi connectivity index (χ3n) is 1.52. The zero-order valence-corrected chi connectivity index (χ0v) is 7.59. The summed E-state index contributed by atoms with van der Waals surface area (Å²) in [5, 5.41) is 0. The van der Waals surface area contributed by atoms with E-state index in [1.165, 1.54) is 6.08 Å². The second kappa shape index (κ2) is 3.28. The summed E-state index contributed by atoms with van der Waals surface area (Å²) < 4.78 is 57.9. The van der Waals surface area contributed by atoms with Crippen LogP contribution in [0, 0.1) is 0 Å². The summed E-state index contributed by atoms with van der Waals surface area (Å²) in [4.78, 5) is 0. The van der Waals surface area contributed by atoms with Crippen molar-refractivity contribution in [3.63, 3.8) is 0 Å². The van der Waals surface area contributed by atoms with Gasteiger partial charge in [-0.05, 0) is 12.2 Å². The van der Waals surface area contributed by atoms with Crippen LogP contribution in [0.1, 0.15) is 0 Å². The van der Waals surface area contributed by atoms with Crippen molar-refractivity contribution < 1.29 is 21.6 Å². The molecule has 1 rings (SSSR count). The Morgan fingerprint density at radius 2 is 1.86 bits per heavy atom. The molecule has 0 aromatic rings. The number of halogens is 3. The molecule has 8 heteroatoms. The number of nitrogens with zero attached hydrogens (tertiary/aromatic N) is 1. The van der Waals surface area contributed by atoms with Crippen LogP contribution < -0.4 is 5.73 Å². The van der Waals surface area contributed by atoms with Gasteiger partial charge >= 0.3 is 15.5 Å². The van der Waals surface area contributed by atoms with Crippen molar-refractivity contribution in [2.75, 3.05) is 0 Å². The molecule has 0 aromatic heterocycles. The lowest BCUT2D eigenvalue weighted by molar-refractivity contribution is -0.0482. The topological polar surface area (TPSA) is 63.4 Å². The molecule has 1 aliphatic heterocycles. The first-order chi connectivity index (χ1) is 6.27. The molecular weight excluding hydrogens is 221 g/mol. The van der Waals surface area contributed by atoms with Crippen molar-refractivity contribution >= 4 is 10.0 Å². The van der Waals surface area contributed by atoms with Crippen molar-refractivity contribution in [3.8, 4) is 0 Å². The number of alkyl halides is 3. The molecule has 0 bridgehead atoms. The maximum atomic E-state index is 12.0. The molecule has 0 fully saturated rings. The summed E-state index contributed by atoms with van der Waals surface area (Å²) in [6, 6.07) is 0. The van der Waals surface area contributed by atoms with Crippen LogP contribution >= 0.6 is 0 Å². The largest absolute Gasteiger partial charge is 0.516 e. The van der Waals surface area contributed by atoms with Crippen molar-refractivity contribution in [2.24, 2.45) is 5.73 Å². The zero-order valence-electron chi connectivity index (χ0n) is 6.77. The standard InChI is InChI=1S/C6H7F3N2O2S/c7-6(8,9)14(12,13)11-4-2-1-3-5(11)10/h1-5H,10H2. The maximum Gasteiger partial charge on any atom is 0.516 e. The Morgan fingerprint density at radius 3 is 2.29 bits per heavy atom. The number of allylic oxidation sites excluding steroid dienone is 2. The van der Waals surface area contributed by atoms with E-state index in [0.29, 0.717) is 0 Å². The Morgan fingerprint density at radius 1 is 1.29 bits per heavy atom. The smallest absolute Gasteiger partial charge is 0.307 e. The molecule has 2 N–H and O–H groups in total. The Labute approximate surface area is 78.5 Å². The van der Waals surface area contributed by atoms with Gasteiger partial charge in [0.15, 0.2) is 0 Å². The highest BCUT2D eigenvalue weighted by atomic mass is 32.2. The lowest BCUT2D eigenvalue weighted by Crippen LogP contribution is -2.47. The molecule has 1 aliphatic rings. The van der Waals surface area contributed by atoms with Crippen molar-refractivity contribution in [1.82, 2.24) is 4.31 Å². The first kappa shape index (κ1) is 11.1. The van der Waals surface area contributed by atoms with Gasteiger partial charge in [0.05, 0.1) is 0 Å². The fourth-order valence-electron chi connectivity index (χ4n) is 0.857. The van der Waals surface area contributed by atoms with Gasteiger partial charge in [0.2, 0.25) is 0 Å². The molecule has 0 spiro atoms. The fourth-order valence-corrected chi connectivity index (χ4v) is 1.72. The van der Waals surface area contributed by atoms with E-state index in [-0.39, 0.29) is 4.31 Å². The Balaban J connectivity index is 3.07. The normalized spacial score (nSPS) is 22.9. The van der Waals surface area contributed by atoms with Crippen LogP contribution in [-0.2, 0) is 10.0 Å². The molecule has 0 aliphatic carbocycles. The van der Waals surface area contributed by atoms with Crippen LogP contribution in [0.25, 0.3) is 0 Å². The van der Waals surface area contributed by atoms with Crippen LogP contribution in [0.3, 0.4) is 0 Å². The summed E-state index contributed by atoms with van der Waals surface area (Å²) in [6.07, 6.45) is 3.13. The molecule has 14 heavy (non-hydrogen) atoms. The number of nitrogens with two attached hydrogens (primary N) is 1. The average molecular weight is 228 g/mol. The SMILES string of the molecule is NC1C=CC=CN1S(=O)(=O)C(F)(F)F. The molecule has 1 unspecified atom stereocenters. The van der Waals surface area contributed by atoms with Crippen LogP contribution in [-0.4, -0.2) is 24.4 Å². The predicted octanol–water partition coefficient (Wildman–Crippen LogP) is 0.506. The third-order valence-corrected chi connectivity index (χ3v) is 3.02.